The highest BCUT2D eigenvalue weighted by molar-refractivity contribution is 5.95. The predicted octanol–water partition coefficient (Wildman–Crippen LogP) is 4.65. The summed E-state index contributed by atoms with van der Waals surface area (Å²) in [5, 5.41) is 2.97. The van der Waals surface area contributed by atoms with Crippen molar-refractivity contribution in [2.24, 2.45) is 0 Å². The zero-order valence-corrected chi connectivity index (χ0v) is 17.3. The van der Waals surface area contributed by atoms with Crippen LogP contribution in [0.25, 0.3) is 22.6 Å². The molecule has 5 rings (SSSR count). The number of ether oxygens (including phenoxy) is 1. The molecule has 7 heteroatoms. The second-order valence-corrected chi connectivity index (χ2v) is 7.66. The van der Waals surface area contributed by atoms with E-state index in [1.807, 2.05) is 53.4 Å². The number of para-hydroxylation sites is 2. The topological polar surface area (TPSA) is 67.6 Å². The number of hydrogen-bond donors (Lipinski definition) is 1. The fourth-order valence-corrected chi connectivity index (χ4v) is 3.94. The van der Waals surface area contributed by atoms with E-state index < -0.39 is 6.04 Å². The molecule has 2 heterocycles. The van der Waals surface area contributed by atoms with Crippen LogP contribution in [0.15, 0.2) is 77.2 Å². The van der Waals surface area contributed by atoms with Crippen LogP contribution in [0, 0.1) is 5.82 Å². The second kappa shape index (κ2) is 8.90. The summed E-state index contributed by atoms with van der Waals surface area (Å²) < 4.78 is 25.1. The number of benzene rings is 3. The summed E-state index contributed by atoms with van der Waals surface area (Å²) in [7, 11) is 0. The van der Waals surface area contributed by atoms with Crippen LogP contribution in [0.1, 0.15) is 11.6 Å². The van der Waals surface area contributed by atoms with Crippen LogP contribution < -0.4 is 5.32 Å². The molecule has 1 aliphatic heterocycles. The number of amides is 1. The Morgan fingerprint density at radius 1 is 1.00 bits per heavy atom. The molecule has 0 unspecified atom stereocenters. The van der Waals surface area contributed by atoms with Crippen molar-refractivity contribution in [2.45, 2.75) is 6.04 Å². The van der Waals surface area contributed by atoms with Gasteiger partial charge in [-0.05, 0) is 54.1 Å². The third-order valence-corrected chi connectivity index (χ3v) is 5.52. The van der Waals surface area contributed by atoms with Gasteiger partial charge >= 0.3 is 0 Å². The number of halogens is 1. The van der Waals surface area contributed by atoms with E-state index in [9.17, 15) is 9.18 Å². The number of carbonyl (C=O) groups excluding carboxylic acids is 1. The summed E-state index contributed by atoms with van der Waals surface area (Å²) in [5.74, 6) is -0.0570. The first kappa shape index (κ1) is 20.4. The Kier molecular flexibility index (Phi) is 5.66. The van der Waals surface area contributed by atoms with E-state index in [1.54, 1.807) is 12.1 Å². The maximum absolute atomic E-state index is 13.9. The van der Waals surface area contributed by atoms with Crippen LogP contribution >= 0.6 is 0 Å². The number of fused-ring (bicyclic) bond motifs is 1. The minimum absolute atomic E-state index is 0.216. The Balaban J connectivity index is 1.36. The first-order valence-electron chi connectivity index (χ1n) is 10.5. The summed E-state index contributed by atoms with van der Waals surface area (Å²) in [6, 6.07) is 20.5. The Hall–Kier alpha value is -3.55. The van der Waals surface area contributed by atoms with E-state index in [2.05, 4.69) is 10.3 Å². The Bertz CT molecular complexity index is 1200. The van der Waals surface area contributed by atoms with Crippen LogP contribution in [0.5, 0.6) is 0 Å². The average molecular weight is 431 g/mol. The number of nitrogens with zero attached hydrogens (tertiary/aromatic N) is 2. The summed E-state index contributed by atoms with van der Waals surface area (Å²) in [6.45, 7) is 2.28. The first-order valence-corrected chi connectivity index (χ1v) is 10.5. The molecule has 0 bridgehead atoms. The molecule has 1 aliphatic rings. The molecule has 0 spiro atoms. The number of nitrogens with one attached hydrogen (secondary N) is 1. The molecule has 4 aromatic rings. The van der Waals surface area contributed by atoms with Gasteiger partial charge in [0.15, 0.2) is 5.58 Å². The first-order chi connectivity index (χ1) is 15.7. The molecular formula is C25H22FN3O3. The summed E-state index contributed by atoms with van der Waals surface area (Å²) in [4.78, 5) is 19.8. The van der Waals surface area contributed by atoms with E-state index in [0.29, 0.717) is 43.4 Å². The van der Waals surface area contributed by atoms with Crippen LogP contribution in [-0.4, -0.2) is 42.1 Å². The fraction of sp³-hybridized carbons (Fsp3) is 0.200. The minimum Gasteiger partial charge on any atom is -0.436 e. The van der Waals surface area contributed by atoms with Crippen LogP contribution in [0.4, 0.5) is 10.1 Å². The van der Waals surface area contributed by atoms with Crippen molar-refractivity contribution in [1.82, 2.24) is 9.88 Å². The Morgan fingerprint density at radius 3 is 2.53 bits per heavy atom. The third kappa shape index (κ3) is 4.26. The number of hydrogen-bond acceptors (Lipinski definition) is 5. The average Bonchev–Trinajstić information content (AvgIpc) is 3.25. The molecule has 1 aromatic heterocycles. The van der Waals surface area contributed by atoms with Crippen molar-refractivity contribution < 1.29 is 18.3 Å². The SMILES string of the molecule is O=C(Nc1ccc(-c2nc3ccccc3o2)cc1)[C@@H](c1cccc(F)c1)N1CCOCC1. The Labute approximate surface area is 184 Å². The van der Waals surface area contributed by atoms with E-state index in [4.69, 9.17) is 9.15 Å². The molecule has 32 heavy (non-hydrogen) atoms. The quantitative estimate of drug-likeness (QED) is 0.498. The lowest BCUT2D eigenvalue weighted by molar-refractivity contribution is -0.123. The molecule has 1 saturated heterocycles. The number of anilines is 1. The summed E-state index contributed by atoms with van der Waals surface area (Å²) in [5.41, 5.74) is 3.60. The lowest BCUT2D eigenvalue weighted by Crippen LogP contribution is -2.43. The van der Waals surface area contributed by atoms with Crippen molar-refractivity contribution in [3.63, 3.8) is 0 Å². The molecule has 6 nitrogen and oxygen atoms in total. The summed E-state index contributed by atoms with van der Waals surface area (Å²) >= 11 is 0. The number of carbonyl (C=O) groups is 1. The number of oxazole rings is 1. The van der Waals surface area contributed by atoms with Gasteiger partial charge in [-0.3, -0.25) is 9.69 Å². The van der Waals surface area contributed by atoms with E-state index in [-0.39, 0.29) is 11.7 Å². The molecule has 1 amide bonds. The lowest BCUT2D eigenvalue weighted by atomic mass is 10.0. The maximum atomic E-state index is 13.9. The molecule has 3 aromatic carbocycles. The molecular weight excluding hydrogens is 409 g/mol. The monoisotopic (exact) mass is 431 g/mol. The molecule has 1 fully saturated rings. The molecule has 162 valence electrons. The highest BCUT2D eigenvalue weighted by Crippen LogP contribution is 2.27. The highest BCUT2D eigenvalue weighted by Gasteiger charge is 2.29. The van der Waals surface area contributed by atoms with Crippen LogP contribution in [0.2, 0.25) is 0 Å². The second-order valence-electron chi connectivity index (χ2n) is 7.66. The van der Waals surface area contributed by atoms with Gasteiger partial charge in [0.2, 0.25) is 11.8 Å². The lowest BCUT2D eigenvalue weighted by Gasteiger charge is -2.33. The van der Waals surface area contributed by atoms with Gasteiger partial charge in [-0.25, -0.2) is 9.37 Å². The van der Waals surface area contributed by atoms with Crippen molar-refractivity contribution in [3.05, 3.63) is 84.2 Å². The van der Waals surface area contributed by atoms with Crippen molar-refractivity contribution in [1.29, 1.82) is 0 Å². The molecule has 1 atom stereocenters. The van der Waals surface area contributed by atoms with Crippen molar-refractivity contribution >= 4 is 22.7 Å². The third-order valence-electron chi connectivity index (χ3n) is 5.52. The molecule has 0 radical (unpaired) electrons. The van der Waals surface area contributed by atoms with Crippen LogP contribution in [-0.2, 0) is 9.53 Å². The highest BCUT2D eigenvalue weighted by atomic mass is 19.1. The normalized spacial score (nSPS) is 15.5. The van der Waals surface area contributed by atoms with Gasteiger partial charge in [0.1, 0.15) is 17.4 Å². The van der Waals surface area contributed by atoms with E-state index >= 15 is 0 Å². The van der Waals surface area contributed by atoms with Gasteiger partial charge in [-0.2, -0.15) is 0 Å². The summed E-state index contributed by atoms with van der Waals surface area (Å²) in [6.07, 6.45) is 0. The zero-order chi connectivity index (χ0) is 21.9. The standard InChI is InChI=1S/C25H22FN3O3/c26-19-5-3-4-18(16-19)23(29-12-14-31-15-13-29)24(30)27-20-10-8-17(9-11-20)25-28-21-6-1-2-7-22(21)32-25/h1-11,16,23H,12-15H2,(H,27,30)/t23-/m1/s1. The molecule has 1 N–H and O–H groups in total. The van der Waals surface area contributed by atoms with E-state index in [1.165, 1.54) is 12.1 Å². The van der Waals surface area contributed by atoms with Gasteiger partial charge in [-0.1, -0.05) is 24.3 Å². The van der Waals surface area contributed by atoms with Crippen LogP contribution in [0.3, 0.4) is 0 Å². The van der Waals surface area contributed by atoms with Gasteiger partial charge in [0.25, 0.3) is 0 Å². The fourth-order valence-electron chi connectivity index (χ4n) is 3.94. The molecule has 0 saturated carbocycles. The van der Waals surface area contributed by atoms with Crippen molar-refractivity contribution in [2.75, 3.05) is 31.6 Å². The zero-order valence-electron chi connectivity index (χ0n) is 17.3. The predicted molar refractivity (Wildman–Crippen MR) is 120 cm³/mol. The maximum Gasteiger partial charge on any atom is 0.246 e. The van der Waals surface area contributed by atoms with Gasteiger partial charge in [0.05, 0.1) is 13.2 Å². The minimum atomic E-state index is -0.605. The number of rotatable bonds is 5. The smallest absolute Gasteiger partial charge is 0.246 e. The largest absolute Gasteiger partial charge is 0.436 e. The van der Waals surface area contributed by atoms with Gasteiger partial charge in [-0.15, -0.1) is 0 Å². The van der Waals surface area contributed by atoms with E-state index in [0.717, 1.165) is 16.7 Å². The number of morpholine rings is 1. The van der Waals surface area contributed by atoms with Crippen molar-refractivity contribution in [3.8, 4) is 11.5 Å². The number of aromatic nitrogens is 1. The Morgan fingerprint density at radius 2 is 1.78 bits per heavy atom. The van der Waals surface area contributed by atoms with Gasteiger partial charge in [0, 0.05) is 24.3 Å². The van der Waals surface area contributed by atoms with Gasteiger partial charge < -0.3 is 14.5 Å². The molecule has 0 aliphatic carbocycles.